The van der Waals surface area contributed by atoms with Gasteiger partial charge in [0.2, 0.25) is 5.82 Å². The van der Waals surface area contributed by atoms with E-state index in [1.165, 1.54) is 6.07 Å². The van der Waals surface area contributed by atoms with E-state index in [9.17, 15) is 27.1 Å². The Labute approximate surface area is 125 Å². The molecule has 0 aliphatic carbocycles. The summed E-state index contributed by atoms with van der Waals surface area (Å²) in [4.78, 5) is 0. The minimum Gasteiger partial charge on any atom is -0.383 e. The van der Waals surface area contributed by atoms with E-state index < -0.39 is 40.8 Å². The van der Waals surface area contributed by atoms with Crippen LogP contribution in [0.25, 0.3) is 0 Å². The van der Waals surface area contributed by atoms with Gasteiger partial charge in [-0.25, -0.2) is 22.0 Å². The van der Waals surface area contributed by atoms with Gasteiger partial charge in [0.25, 0.3) is 0 Å². The first-order valence-electron chi connectivity index (χ1n) is 5.40. The lowest BCUT2D eigenvalue weighted by molar-refractivity contribution is 0.203. The summed E-state index contributed by atoms with van der Waals surface area (Å²) < 4.78 is 66.3. The molecule has 0 bridgehead atoms. The quantitative estimate of drug-likeness (QED) is 0.473. The van der Waals surface area contributed by atoms with E-state index in [0.29, 0.717) is 0 Å². The van der Waals surface area contributed by atoms with Crippen LogP contribution in [0.3, 0.4) is 0 Å². The van der Waals surface area contributed by atoms with Gasteiger partial charge < -0.3 is 5.11 Å². The van der Waals surface area contributed by atoms with Crippen molar-refractivity contribution in [2.75, 3.05) is 0 Å². The number of halogens is 7. The van der Waals surface area contributed by atoms with Gasteiger partial charge in [-0.2, -0.15) is 0 Å². The molecular formula is C13H5Cl2F5O. The summed E-state index contributed by atoms with van der Waals surface area (Å²) in [5.41, 5.74) is -1.53. The van der Waals surface area contributed by atoms with Crippen molar-refractivity contribution in [2.24, 2.45) is 0 Å². The van der Waals surface area contributed by atoms with E-state index in [2.05, 4.69) is 0 Å². The van der Waals surface area contributed by atoms with Crippen molar-refractivity contribution < 1.29 is 27.1 Å². The fourth-order valence-electron chi connectivity index (χ4n) is 1.71. The van der Waals surface area contributed by atoms with Crippen LogP contribution in [0.2, 0.25) is 10.0 Å². The lowest BCUT2D eigenvalue weighted by Crippen LogP contribution is -2.12. The molecule has 0 aromatic heterocycles. The molecule has 1 atom stereocenters. The molecule has 2 rings (SSSR count). The minimum atomic E-state index is -2.30. The summed E-state index contributed by atoms with van der Waals surface area (Å²) in [6.07, 6.45) is -2.09. The molecule has 2 aromatic carbocycles. The molecule has 0 radical (unpaired) electrons. The Morgan fingerprint density at radius 3 is 1.71 bits per heavy atom. The first kappa shape index (κ1) is 16.0. The maximum atomic E-state index is 13.6. The third-order valence-electron chi connectivity index (χ3n) is 2.78. The van der Waals surface area contributed by atoms with Crippen molar-refractivity contribution in [1.29, 1.82) is 0 Å². The van der Waals surface area contributed by atoms with Gasteiger partial charge in [-0.05, 0) is 17.7 Å². The van der Waals surface area contributed by atoms with Crippen molar-refractivity contribution in [1.82, 2.24) is 0 Å². The zero-order valence-electron chi connectivity index (χ0n) is 9.90. The Hall–Kier alpha value is -1.37. The van der Waals surface area contributed by atoms with Crippen LogP contribution in [0, 0.1) is 29.1 Å². The average Bonchev–Trinajstić information content (AvgIpc) is 2.46. The molecule has 0 aliphatic rings. The molecule has 21 heavy (non-hydrogen) atoms. The standard InChI is InChI=1S/C13H5Cl2F5O/c14-5-2-1-4(3-6(5)15)13(21)7-8(16)10(18)12(20)11(19)9(7)17/h1-3,13,21H. The lowest BCUT2D eigenvalue weighted by Gasteiger charge is -2.15. The fourth-order valence-corrected chi connectivity index (χ4v) is 2.02. The van der Waals surface area contributed by atoms with E-state index in [-0.39, 0.29) is 15.6 Å². The second-order valence-electron chi connectivity index (χ2n) is 4.06. The van der Waals surface area contributed by atoms with Crippen molar-refractivity contribution >= 4 is 23.2 Å². The monoisotopic (exact) mass is 342 g/mol. The van der Waals surface area contributed by atoms with Crippen molar-refractivity contribution in [3.8, 4) is 0 Å². The average molecular weight is 343 g/mol. The maximum Gasteiger partial charge on any atom is 0.200 e. The molecule has 112 valence electrons. The van der Waals surface area contributed by atoms with Crippen LogP contribution < -0.4 is 0 Å². The number of hydrogen-bond acceptors (Lipinski definition) is 1. The third-order valence-corrected chi connectivity index (χ3v) is 3.52. The maximum absolute atomic E-state index is 13.6. The van der Waals surface area contributed by atoms with E-state index >= 15 is 0 Å². The Balaban J connectivity index is 2.63. The zero-order chi connectivity index (χ0) is 15.9. The minimum absolute atomic E-state index is 0.0444. The normalized spacial score (nSPS) is 12.6. The lowest BCUT2D eigenvalue weighted by atomic mass is 10.00. The van der Waals surface area contributed by atoms with Crippen molar-refractivity contribution in [2.45, 2.75) is 6.10 Å². The Bertz CT molecular complexity index is 691. The molecule has 1 unspecified atom stereocenters. The Morgan fingerprint density at radius 1 is 0.762 bits per heavy atom. The van der Waals surface area contributed by atoms with Crippen LogP contribution in [-0.2, 0) is 0 Å². The Kier molecular flexibility index (Phi) is 4.41. The van der Waals surface area contributed by atoms with E-state index in [0.717, 1.165) is 12.1 Å². The molecule has 1 nitrogen and oxygen atoms in total. The van der Waals surface area contributed by atoms with E-state index in [1.807, 2.05) is 0 Å². The molecule has 0 saturated carbocycles. The smallest absolute Gasteiger partial charge is 0.200 e. The summed E-state index contributed by atoms with van der Waals surface area (Å²) in [5.74, 6) is -10.8. The molecule has 0 spiro atoms. The predicted octanol–water partition coefficient (Wildman–Crippen LogP) is 4.77. The topological polar surface area (TPSA) is 20.2 Å². The van der Waals surface area contributed by atoms with Gasteiger partial charge in [-0.15, -0.1) is 0 Å². The third kappa shape index (κ3) is 2.71. The molecule has 2 aromatic rings. The molecule has 0 heterocycles. The molecule has 1 N–H and O–H groups in total. The summed E-state index contributed by atoms with van der Waals surface area (Å²) in [6, 6.07) is 3.43. The van der Waals surface area contributed by atoms with E-state index in [4.69, 9.17) is 23.2 Å². The van der Waals surface area contributed by atoms with Gasteiger partial charge in [0.1, 0.15) is 6.10 Å². The number of aliphatic hydroxyl groups excluding tert-OH is 1. The highest BCUT2D eigenvalue weighted by atomic mass is 35.5. The van der Waals surface area contributed by atoms with Gasteiger partial charge in [0.15, 0.2) is 23.3 Å². The number of hydrogen-bond donors (Lipinski definition) is 1. The van der Waals surface area contributed by atoms with Gasteiger partial charge in [-0.1, -0.05) is 29.3 Å². The van der Waals surface area contributed by atoms with Crippen LogP contribution in [0.15, 0.2) is 18.2 Å². The number of benzene rings is 2. The molecule has 0 fully saturated rings. The van der Waals surface area contributed by atoms with Crippen LogP contribution in [0.5, 0.6) is 0 Å². The molecule has 8 heteroatoms. The van der Waals surface area contributed by atoms with Crippen molar-refractivity contribution in [3.05, 3.63) is 68.5 Å². The molecule has 0 amide bonds. The van der Waals surface area contributed by atoms with Crippen LogP contribution in [0.1, 0.15) is 17.2 Å². The Morgan fingerprint density at radius 2 is 1.24 bits per heavy atom. The first-order valence-corrected chi connectivity index (χ1v) is 6.15. The number of rotatable bonds is 2. The molecular weight excluding hydrogens is 338 g/mol. The summed E-state index contributed by atoms with van der Waals surface area (Å²) >= 11 is 11.3. The highest BCUT2D eigenvalue weighted by Crippen LogP contribution is 2.33. The van der Waals surface area contributed by atoms with Crippen LogP contribution in [-0.4, -0.2) is 5.11 Å². The highest BCUT2D eigenvalue weighted by molar-refractivity contribution is 6.42. The van der Waals surface area contributed by atoms with Crippen molar-refractivity contribution in [3.63, 3.8) is 0 Å². The van der Waals surface area contributed by atoms with Gasteiger partial charge in [0.05, 0.1) is 15.6 Å². The second-order valence-corrected chi connectivity index (χ2v) is 4.87. The van der Waals surface area contributed by atoms with Gasteiger partial charge >= 0.3 is 0 Å². The van der Waals surface area contributed by atoms with Crippen LogP contribution >= 0.6 is 23.2 Å². The summed E-state index contributed by atoms with van der Waals surface area (Å²) in [6.45, 7) is 0. The zero-order valence-corrected chi connectivity index (χ0v) is 11.4. The summed E-state index contributed by atoms with van der Waals surface area (Å²) in [7, 11) is 0. The van der Waals surface area contributed by atoms with Crippen LogP contribution in [0.4, 0.5) is 22.0 Å². The van der Waals surface area contributed by atoms with Gasteiger partial charge in [-0.3, -0.25) is 0 Å². The SMILES string of the molecule is OC(c1ccc(Cl)c(Cl)c1)c1c(F)c(F)c(F)c(F)c1F. The summed E-state index contributed by atoms with van der Waals surface area (Å²) in [5, 5.41) is 9.93. The number of aliphatic hydroxyl groups is 1. The van der Waals surface area contributed by atoms with Gasteiger partial charge in [0, 0.05) is 0 Å². The van der Waals surface area contributed by atoms with E-state index in [1.54, 1.807) is 0 Å². The first-order chi connectivity index (χ1) is 9.75. The molecule has 0 saturated heterocycles. The largest absolute Gasteiger partial charge is 0.383 e. The highest BCUT2D eigenvalue weighted by Gasteiger charge is 2.30. The molecule has 0 aliphatic heterocycles. The fraction of sp³-hybridized carbons (Fsp3) is 0.0769. The predicted molar refractivity (Wildman–Crippen MR) is 66.8 cm³/mol. The second kappa shape index (κ2) is 5.79.